The summed E-state index contributed by atoms with van der Waals surface area (Å²) in [6, 6.07) is 0. The highest BCUT2D eigenvalue weighted by Crippen LogP contribution is 2.77. The van der Waals surface area contributed by atoms with E-state index in [0.29, 0.717) is 0 Å². The van der Waals surface area contributed by atoms with Gasteiger partial charge in [-0.05, 0) is 33.1 Å². The van der Waals surface area contributed by atoms with Gasteiger partial charge in [-0.3, -0.25) is 9.63 Å². The minimum absolute atomic E-state index is 0.0166. The predicted molar refractivity (Wildman–Crippen MR) is 54.8 cm³/mol. The van der Waals surface area contributed by atoms with Crippen molar-refractivity contribution in [2.24, 2.45) is 10.8 Å². The van der Waals surface area contributed by atoms with E-state index in [4.69, 9.17) is 4.84 Å². The van der Waals surface area contributed by atoms with Crippen LogP contribution >= 0.6 is 0 Å². The number of aliphatic hydroxyl groups is 1. The van der Waals surface area contributed by atoms with Crippen molar-refractivity contribution in [3.63, 3.8) is 0 Å². The number of rotatable bonds is 3. The number of carbonyl (C=O) groups is 1. The first-order chi connectivity index (χ1) is 6.76. The summed E-state index contributed by atoms with van der Waals surface area (Å²) in [5.41, 5.74) is -0.914. The Morgan fingerprint density at radius 3 is 2.20 bits per heavy atom. The fourth-order valence-corrected chi connectivity index (χ4v) is 3.08. The third-order valence-corrected chi connectivity index (χ3v) is 4.34. The average Bonchev–Trinajstić information content (AvgIpc) is 1.94. The molecule has 86 valence electrons. The van der Waals surface area contributed by atoms with Crippen LogP contribution in [0.3, 0.4) is 0 Å². The van der Waals surface area contributed by atoms with E-state index in [2.05, 4.69) is 0 Å². The predicted octanol–water partition coefficient (Wildman–Crippen LogP) is 0.947. The van der Waals surface area contributed by atoms with Crippen molar-refractivity contribution in [1.82, 2.24) is 5.06 Å². The zero-order chi connectivity index (χ0) is 11.5. The first-order valence-corrected chi connectivity index (χ1v) is 5.31. The van der Waals surface area contributed by atoms with Crippen LogP contribution < -0.4 is 0 Å². The van der Waals surface area contributed by atoms with Crippen molar-refractivity contribution in [2.75, 3.05) is 14.2 Å². The normalized spacial score (nSPS) is 37.9. The zero-order valence-electron chi connectivity index (χ0n) is 9.83. The second-order valence-corrected chi connectivity index (χ2v) is 5.64. The van der Waals surface area contributed by atoms with Crippen LogP contribution in [0.5, 0.6) is 0 Å². The Morgan fingerprint density at radius 1 is 1.40 bits per heavy atom. The number of carbonyl (C=O) groups excluding carboxylic acids is 1. The van der Waals surface area contributed by atoms with Crippen LogP contribution in [0.4, 0.5) is 0 Å². The third kappa shape index (κ3) is 1.18. The molecule has 3 fully saturated rings. The number of hydrogen-bond acceptors (Lipinski definition) is 3. The van der Waals surface area contributed by atoms with Crippen LogP contribution in [-0.4, -0.2) is 35.8 Å². The lowest BCUT2D eigenvalue weighted by atomic mass is 9.31. The van der Waals surface area contributed by atoms with Crippen molar-refractivity contribution < 1.29 is 14.7 Å². The van der Waals surface area contributed by atoms with E-state index in [0.717, 1.165) is 19.3 Å². The quantitative estimate of drug-likeness (QED) is 0.710. The lowest BCUT2D eigenvalue weighted by molar-refractivity contribution is -0.288. The molecule has 0 aromatic heterocycles. The molecule has 0 radical (unpaired) electrons. The molecule has 0 aromatic carbocycles. The molecule has 0 aromatic rings. The van der Waals surface area contributed by atoms with Crippen molar-refractivity contribution in [3.8, 4) is 0 Å². The molecule has 0 saturated heterocycles. The van der Waals surface area contributed by atoms with Gasteiger partial charge in [0, 0.05) is 12.5 Å². The maximum absolute atomic E-state index is 11.9. The van der Waals surface area contributed by atoms with Gasteiger partial charge in [0.1, 0.15) is 0 Å². The molecule has 0 atom stereocenters. The van der Waals surface area contributed by atoms with Gasteiger partial charge in [-0.25, -0.2) is 5.06 Å². The molecule has 3 aliphatic carbocycles. The van der Waals surface area contributed by atoms with Gasteiger partial charge in [0.15, 0.2) is 0 Å². The van der Waals surface area contributed by atoms with Gasteiger partial charge in [0.05, 0.1) is 18.1 Å². The largest absolute Gasteiger partial charge is 0.390 e. The Balaban J connectivity index is 2.01. The van der Waals surface area contributed by atoms with Crippen LogP contribution in [-0.2, 0) is 9.63 Å². The summed E-state index contributed by atoms with van der Waals surface area (Å²) >= 11 is 0. The Morgan fingerprint density at radius 2 is 1.87 bits per heavy atom. The van der Waals surface area contributed by atoms with Crippen LogP contribution in [0.25, 0.3) is 0 Å². The minimum Gasteiger partial charge on any atom is -0.390 e. The van der Waals surface area contributed by atoms with Gasteiger partial charge in [0.2, 0.25) is 0 Å². The first kappa shape index (κ1) is 10.9. The van der Waals surface area contributed by atoms with Crippen molar-refractivity contribution in [2.45, 2.75) is 38.7 Å². The fourth-order valence-electron chi connectivity index (χ4n) is 3.08. The Hall–Kier alpha value is -0.610. The summed E-state index contributed by atoms with van der Waals surface area (Å²) in [6.45, 7) is 3.67. The molecule has 3 rings (SSSR count). The van der Waals surface area contributed by atoms with Crippen LogP contribution in [0.15, 0.2) is 0 Å². The van der Waals surface area contributed by atoms with E-state index in [1.54, 1.807) is 7.05 Å². The molecule has 1 amide bonds. The summed E-state index contributed by atoms with van der Waals surface area (Å²) in [6.07, 6.45) is 2.40. The first-order valence-electron chi connectivity index (χ1n) is 5.31. The molecule has 1 N–H and O–H groups in total. The van der Waals surface area contributed by atoms with Gasteiger partial charge in [-0.1, -0.05) is 0 Å². The summed E-state index contributed by atoms with van der Waals surface area (Å²) in [5, 5.41) is 11.3. The second-order valence-electron chi connectivity index (χ2n) is 5.64. The maximum Gasteiger partial charge on any atom is 0.252 e. The number of hydrogen-bond donors (Lipinski definition) is 1. The monoisotopic (exact) mass is 213 g/mol. The summed E-state index contributed by atoms with van der Waals surface area (Å²) in [5.74, 6) is 0.0520. The number of nitrogens with zero attached hydrogens (tertiary/aromatic N) is 1. The summed E-state index contributed by atoms with van der Waals surface area (Å²) in [4.78, 5) is 16.8. The molecule has 0 spiro atoms. The lowest BCUT2D eigenvalue weighted by Gasteiger charge is -2.73. The Labute approximate surface area is 90.2 Å². The SMILES string of the molecule is CON(C)C(=O)C12CC(C(C)(C)O)(C1)C2. The molecular weight excluding hydrogens is 194 g/mol. The van der Waals surface area contributed by atoms with Gasteiger partial charge in [0.25, 0.3) is 5.91 Å². The van der Waals surface area contributed by atoms with Gasteiger partial charge in [-0.2, -0.15) is 0 Å². The molecule has 4 nitrogen and oxygen atoms in total. The van der Waals surface area contributed by atoms with Crippen molar-refractivity contribution in [1.29, 1.82) is 0 Å². The number of hydroxylamine groups is 2. The van der Waals surface area contributed by atoms with E-state index >= 15 is 0 Å². The zero-order valence-corrected chi connectivity index (χ0v) is 9.83. The Bertz CT molecular complexity index is 286. The second kappa shape index (κ2) is 2.74. The molecule has 0 aliphatic heterocycles. The standard InChI is InChI=1S/C11H19NO3/c1-9(2,14)11-5-10(6-11,7-11)8(13)12(3)15-4/h14H,5-7H2,1-4H3. The minimum atomic E-state index is -0.666. The highest BCUT2D eigenvalue weighted by atomic mass is 16.7. The van der Waals surface area contributed by atoms with Crippen molar-refractivity contribution >= 4 is 5.91 Å². The summed E-state index contributed by atoms with van der Waals surface area (Å²) < 4.78 is 0. The highest BCUT2D eigenvalue weighted by molar-refractivity contribution is 5.85. The van der Waals surface area contributed by atoms with Crippen LogP contribution in [0.2, 0.25) is 0 Å². The molecular formula is C11H19NO3. The molecule has 3 saturated carbocycles. The fraction of sp³-hybridized carbons (Fsp3) is 0.909. The third-order valence-electron chi connectivity index (χ3n) is 4.34. The van der Waals surface area contributed by atoms with E-state index in [-0.39, 0.29) is 16.7 Å². The molecule has 0 unspecified atom stereocenters. The van der Waals surface area contributed by atoms with E-state index in [9.17, 15) is 9.90 Å². The molecule has 3 aliphatic rings. The topological polar surface area (TPSA) is 49.8 Å². The lowest BCUT2D eigenvalue weighted by Crippen LogP contribution is -2.74. The smallest absolute Gasteiger partial charge is 0.252 e. The molecule has 4 heteroatoms. The van der Waals surface area contributed by atoms with E-state index in [1.165, 1.54) is 12.2 Å². The number of amides is 1. The molecule has 15 heavy (non-hydrogen) atoms. The van der Waals surface area contributed by atoms with Crippen LogP contribution in [0, 0.1) is 10.8 Å². The maximum atomic E-state index is 11.9. The Kier molecular flexibility index (Phi) is 1.99. The molecule has 2 bridgehead atoms. The van der Waals surface area contributed by atoms with Gasteiger partial charge >= 0.3 is 0 Å². The van der Waals surface area contributed by atoms with E-state index in [1.807, 2.05) is 13.8 Å². The average molecular weight is 213 g/mol. The summed E-state index contributed by atoms with van der Waals surface area (Å²) in [7, 11) is 3.13. The van der Waals surface area contributed by atoms with Gasteiger partial charge < -0.3 is 5.11 Å². The van der Waals surface area contributed by atoms with E-state index < -0.39 is 5.60 Å². The van der Waals surface area contributed by atoms with Crippen LogP contribution in [0.1, 0.15) is 33.1 Å². The highest BCUT2D eigenvalue weighted by Gasteiger charge is 2.76. The van der Waals surface area contributed by atoms with Crippen molar-refractivity contribution in [3.05, 3.63) is 0 Å². The van der Waals surface area contributed by atoms with Gasteiger partial charge in [-0.15, -0.1) is 0 Å². The molecule has 0 heterocycles.